The molecule has 1 aromatic heterocycles. The highest BCUT2D eigenvalue weighted by atomic mass is 16.7. The van der Waals surface area contributed by atoms with Crippen molar-refractivity contribution in [2.24, 2.45) is 0 Å². The van der Waals surface area contributed by atoms with Gasteiger partial charge in [-0.15, -0.1) is 0 Å². The number of rotatable bonds is 3. The number of aryl methyl sites for hydroxylation is 3. The van der Waals surface area contributed by atoms with E-state index < -0.39 is 24.3 Å². The Morgan fingerprint density at radius 2 is 1.50 bits per heavy atom. The van der Waals surface area contributed by atoms with Crippen LogP contribution in [0.25, 0.3) is 11.0 Å². The standard InChI is InChI=1S/C24H27BO5/c1-14-12-17(25-29-23(4,5)24(6,7)30-25)13-15(2)20(14)28-22(26)21-16(3)18-10-8-9-11-19(18)27-21/h8-13H,1-7H3. The van der Waals surface area contributed by atoms with Crippen molar-refractivity contribution in [2.75, 3.05) is 0 Å². The average molecular weight is 406 g/mol. The highest BCUT2D eigenvalue weighted by Crippen LogP contribution is 2.37. The van der Waals surface area contributed by atoms with Gasteiger partial charge in [-0.05, 0) is 71.1 Å². The Balaban J connectivity index is 1.61. The highest BCUT2D eigenvalue weighted by molar-refractivity contribution is 6.62. The summed E-state index contributed by atoms with van der Waals surface area (Å²) in [6.45, 7) is 13.8. The molecule has 4 rings (SSSR count). The van der Waals surface area contributed by atoms with Crippen LogP contribution < -0.4 is 10.2 Å². The predicted molar refractivity (Wildman–Crippen MR) is 118 cm³/mol. The van der Waals surface area contributed by atoms with Gasteiger partial charge >= 0.3 is 13.1 Å². The van der Waals surface area contributed by atoms with Crippen LogP contribution >= 0.6 is 0 Å². The number of carbonyl (C=O) groups excluding carboxylic acids is 1. The van der Waals surface area contributed by atoms with Gasteiger partial charge in [0.05, 0.1) is 11.2 Å². The number of carbonyl (C=O) groups is 1. The van der Waals surface area contributed by atoms with Crippen molar-refractivity contribution >= 4 is 29.5 Å². The minimum Gasteiger partial charge on any atom is -0.449 e. The van der Waals surface area contributed by atoms with Gasteiger partial charge in [0, 0.05) is 10.9 Å². The van der Waals surface area contributed by atoms with Crippen LogP contribution in [0, 0.1) is 20.8 Å². The molecule has 0 bridgehead atoms. The normalized spacial score (nSPS) is 17.5. The second-order valence-electron chi connectivity index (χ2n) is 9.01. The summed E-state index contributed by atoms with van der Waals surface area (Å²) in [4.78, 5) is 12.9. The van der Waals surface area contributed by atoms with Crippen molar-refractivity contribution in [1.82, 2.24) is 0 Å². The fourth-order valence-electron chi connectivity index (χ4n) is 3.77. The number of hydrogen-bond acceptors (Lipinski definition) is 5. The number of ether oxygens (including phenoxy) is 1. The fraction of sp³-hybridized carbons (Fsp3) is 0.375. The Morgan fingerprint density at radius 3 is 2.07 bits per heavy atom. The lowest BCUT2D eigenvalue weighted by Crippen LogP contribution is -2.41. The maximum Gasteiger partial charge on any atom is 0.494 e. The summed E-state index contributed by atoms with van der Waals surface area (Å²) in [5.74, 6) is 0.253. The molecule has 1 aliphatic heterocycles. The Kier molecular flexibility index (Phi) is 4.83. The first-order valence-electron chi connectivity index (χ1n) is 10.2. The SMILES string of the molecule is Cc1cc(B2OC(C)(C)C(C)(C)O2)cc(C)c1OC(=O)c1oc2ccccc2c1C. The van der Waals surface area contributed by atoms with Crippen molar-refractivity contribution in [3.63, 3.8) is 0 Å². The molecule has 0 atom stereocenters. The lowest BCUT2D eigenvalue weighted by Gasteiger charge is -2.32. The molecule has 2 aromatic carbocycles. The minimum absolute atomic E-state index is 0.227. The predicted octanol–water partition coefficient (Wildman–Crippen LogP) is 4.88. The molecule has 1 saturated heterocycles. The number of furan rings is 1. The van der Waals surface area contributed by atoms with Gasteiger partial charge in [0.1, 0.15) is 11.3 Å². The molecule has 0 radical (unpaired) electrons. The molecule has 0 saturated carbocycles. The average Bonchev–Trinajstić information content (AvgIpc) is 3.11. The summed E-state index contributed by atoms with van der Waals surface area (Å²) in [6.07, 6.45) is 0. The van der Waals surface area contributed by atoms with E-state index >= 15 is 0 Å². The number of hydrogen-bond donors (Lipinski definition) is 0. The van der Waals surface area contributed by atoms with Gasteiger partial charge in [-0.3, -0.25) is 0 Å². The van der Waals surface area contributed by atoms with Crippen molar-refractivity contribution in [2.45, 2.75) is 59.7 Å². The third kappa shape index (κ3) is 3.34. The first kappa shape index (κ1) is 20.7. The summed E-state index contributed by atoms with van der Waals surface area (Å²) in [5.41, 5.74) is 3.20. The zero-order chi connectivity index (χ0) is 21.8. The maximum absolute atomic E-state index is 12.9. The van der Waals surface area contributed by atoms with E-state index in [9.17, 15) is 4.79 Å². The second kappa shape index (κ2) is 7.00. The van der Waals surface area contributed by atoms with Gasteiger partial charge < -0.3 is 18.5 Å². The molecule has 2 heterocycles. The summed E-state index contributed by atoms with van der Waals surface area (Å²) in [5, 5.41) is 0.911. The summed E-state index contributed by atoms with van der Waals surface area (Å²) in [6, 6.07) is 11.5. The second-order valence-corrected chi connectivity index (χ2v) is 9.01. The van der Waals surface area contributed by atoms with Crippen LogP contribution in [0.1, 0.15) is 54.9 Å². The van der Waals surface area contributed by atoms with Crippen LogP contribution in [-0.2, 0) is 9.31 Å². The molecule has 1 aliphatic rings. The van der Waals surface area contributed by atoms with Crippen LogP contribution in [0.15, 0.2) is 40.8 Å². The molecule has 0 unspecified atom stereocenters. The topological polar surface area (TPSA) is 57.9 Å². The quantitative estimate of drug-likeness (QED) is 0.353. The first-order chi connectivity index (χ1) is 14.0. The van der Waals surface area contributed by atoms with Crippen LogP contribution in [0.3, 0.4) is 0 Å². The molecular formula is C24H27BO5. The molecule has 3 aromatic rings. The Bertz CT molecular complexity index is 1100. The van der Waals surface area contributed by atoms with Gasteiger partial charge in [-0.1, -0.05) is 30.3 Å². The molecule has 0 amide bonds. The lowest BCUT2D eigenvalue weighted by molar-refractivity contribution is 0.00578. The van der Waals surface area contributed by atoms with E-state index in [1.165, 1.54) is 0 Å². The van der Waals surface area contributed by atoms with Gasteiger partial charge in [0.2, 0.25) is 5.76 Å². The highest BCUT2D eigenvalue weighted by Gasteiger charge is 2.51. The van der Waals surface area contributed by atoms with Crippen molar-refractivity contribution in [3.05, 3.63) is 58.8 Å². The molecular weight excluding hydrogens is 379 g/mol. The van der Waals surface area contributed by atoms with E-state index in [1.807, 2.05) is 84.9 Å². The Hall–Kier alpha value is -2.57. The first-order valence-corrected chi connectivity index (χ1v) is 10.2. The Labute approximate surface area is 177 Å². The molecule has 0 aliphatic carbocycles. The molecule has 156 valence electrons. The van der Waals surface area contributed by atoms with E-state index in [2.05, 4.69) is 0 Å². The molecule has 0 spiro atoms. The van der Waals surface area contributed by atoms with E-state index in [1.54, 1.807) is 0 Å². The number of esters is 1. The zero-order valence-corrected chi connectivity index (χ0v) is 18.6. The Morgan fingerprint density at radius 1 is 0.933 bits per heavy atom. The molecule has 0 N–H and O–H groups in total. The van der Waals surface area contributed by atoms with E-state index in [4.69, 9.17) is 18.5 Å². The van der Waals surface area contributed by atoms with Gasteiger partial charge in [0.25, 0.3) is 0 Å². The van der Waals surface area contributed by atoms with E-state index in [-0.39, 0.29) is 5.76 Å². The van der Waals surface area contributed by atoms with Crippen LogP contribution in [-0.4, -0.2) is 24.3 Å². The van der Waals surface area contributed by atoms with Gasteiger partial charge in [-0.25, -0.2) is 4.79 Å². The van der Waals surface area contributed by atoms with Crippen LogP contribution in [0.4, 0.5) is 0 Å². The number of fused-ring (bicyclic) bond motifs is 1. The fourth-order valence-corrected chi connectivity index (χ4v) is 3.77. The third-order valence-electron chi connectivity index (χ3n) is 6.23. The molecule has 30 heavy (non-hydrogen) atoms. The van der Waals surface area contributed by atoms with Crippen molar-refractivity contribution in [3.8, 4) is 5.75 Å². The van der Waals surface area contributed by atoms with E-state index in [0.29, 0.717) is 11.3 Å². The monoisotopic (exact) mass is 406 g/mol. The zero-order valence-electron chi connectivity index (χ0n) is 18.6. The van der Waals surface area contributed by atoms with Crippen LogP contribution in [0.5, 0.6) is 5.75 Å². The van der Waals surface area contributed by atoms with Crippen molar-refractivity contribution < 1.29 is 23.3 Å². The lowest BCUT2D eigenvalue weighted by atomic mass is 9.77. The van der Waals surface area contributed by atoms with Gasteiger partial charge in [0.15, 0.2) is 0 Å². The summed E-state index contributed by atoms with van der Waals surface area (Å²) < 4.78 is 23.8. The van der Waals surface area contributed by atoms with E-state index in [0.717, 1.165) is 27.5 Å². The molecule has 5 nitrogen and oxygen atoms in total. The minimum atomic E-state index is -0.502. The molecule has 1 fully saturated rings. The largest absolute Gasteiger partial charge is 0.494 e. The summed E-state index contributed by atoms with van der Waals surface area (Å²) in [7, 11) is -0.463. The third-order valence-corrected chi connectivity index (χ3v) is 6.23. The van der Waals surface area contributed by atoms with Crippen LogP contribution in [0.2, 0.25) is 0 Å². The van der Waals surface area contributed by atoms with Gasteiger partial charge in [-0.2, -0.15) is 0 Å². The maximum atomic E-state index is 12.9. The summed E-state index contributed by atoms with van der Waals surface area (Å²) >= 11 is 0. The number of para-hydroxylation sites is 1. The number of benzene rings is 2. The smallest absolute Gasteiger partial charge is 0.449 e. The van der Waals surface area contributed by atoms with Crippen molar-refractivity contribution in [1.29, 1.82) is 0 Å². The molecule has 6 heteroatoms.